The Morgan fingerprint density at radius 3 is 2.80 bits per heavy atom. The normalized spacial score (nSPS) is 19.1. The van der Waals surface area contributed by atoms with Crippen LogP contribution in [0.5, 0.6) is 0 Å². The van der Waals surface area contributed by atoms with Crippen molar-refractivity contribution in [3.8, 4) is 0 Å². The number of hydrogen-bond acceptors (Lipinski definition) is 3. The fraction of sp³-hybridized carbons (Fsp3) is 0.412. The highest BCUT2D eigenvalue weighted by atomic mass is 16.3. The first-order valence-electron chi connectivity index (χ1n) is 7.42. The molecule has 0 saturated carbocycles. The molecule has 1 unspecified atom stereocenters. The number of benzene rings is 1. The van der Waals surface area contributed by atoms with Crippen molar-refractivity contribution in [2.45, 2.75) is 26.3 Å². The SMILES string of the molecule is CC1CCCN(c2ccc(NCc3ccco3)cc2)C1. The molecule has 0 bridgehead atoms. The zero-order chi connectivity index (χ0) is 13.8. The van der Waals surface area contributed by atoms with Crippen molar-refractivity contribution in [2.24, 2.45) is 5.92 Å². The van der Waals surface area contributed by atoms with E-state index in [-0.39, 0.29) is 0 Å². The van der Waals surface area contributed by atoms with Gasteiger partial charge in [0.05, 0.1) is 12.8 Å². The molecule has 1 aliphatic heterocycles. The van der Waals surface area contributed by atoms with Gasteiger partial charge in [-0.2, -0.15) is 0 Å². The molecule has 2 heterocycles. The van der Waals surface area contributed by atoms with Gasteiger partial charge in [0.2, 0.25) is 0 Å². The molecule has 1 fully saturated rings. The van der Waals surface area contributed by atoms with Gasteiger partial charge >= 0.3 is 0 Å². The maximum absolute atomic E-state index is 5.32. The van der Waals surface area contributed by atoms with E-state index in [1.807, 2.05) is 12.1 Å². The second kappa shape index (κ2) is 6.04. The molecule has 0 spiro atoms. The van der Waals surface area contributed by atoms with E-state index >= 15 is 0 Å². The topological polar surface area (TPSA) is 28.4 Å². The van der Waals surface area contributed by atoms with Gasteiger partial charge in [0.15, 0.2) is 0 Å². The molecule has 1 aliphatic rings. The minimum absolute atomic E-state index is 0.729. The van der Waals surface area contributed by atoms with E-state index in [4.69, 9.17) is 4.42 Å². The van der Waals surface area contributed by atoms with Crippen LogP contribution in [-0.2, 0) is 6.54 Å². The van der Waals surface area contributed by atoms with Crippen LogP contribution >= 0.6 is 0 Å². The number of furan rings is 1. The Balaban J connectivity index is 1.59. The molecule has 0 amide bonds. The highest BCUT2D eigenvalue weighted by molar-refractivity contribution is 5.55. The fourth-order valence-electron chi connectivity index (χ4n) is 2.82. The van der Waals surface area contributed by atoms with Crippen LogP contribution in [0, 0.1) is 5.92 Å². The predicted molar refractivity (Wildman–Crippen MR) is 83.1 cm³/mol. The highest BCUT2D eigenvalue weighted by Gasteiger charge is 2.16. The van der Waals surface area contributed by atoms with Gasteiger partial charge in [-0.05, 0) is 55.2 Å². The van der Waals surface area contributed by atoms with Crippen molar-refractivity contribution in [2.75, 3.05) is 23.3 Å². The van der Waals surface area contributed by atoms with E-state index in [9.17, 15) is 0 Å². The lowest BCUT2D eigenvalue weighted by Crippen LogP contribution is -2.34. The molecule has 3 rings (SSSR count). The third-order valence-corrected chi connectivity index (χ3v) is 3.94. The first-order valence-corrected chi connectivity index (χ1v) is 7.42. The Hall–Kier alpha value is -1.90. The number of anilines is 2. The second-order valence-electron chi connectivity index (χ2n) is 5.67. The number of hydrogen-bond donors (Lipinski definition) is 1. The summed E-state index contributed by atoms with van der Waals surface area (Å²) < 4.78 is 5.32. The van der Waals surface area contributed by atoms with Crippen molar-refractivity contribution < 1.29 is 4.42 Å². The van der Waals surface area contributed by atoms with E-state index in [2.05, 4.69) is 41.4 Å². The zero-order valence-corrected chi connectivity index (χ0v) is 12.0. The standard InChI is InChI=1S/C17H22N2O/c1-14-4-2-10-19(13-14)16-8-6-15(7-9-16)18-12-17-5-3-11-20-17/h3,5-9,11,14,18H,2,4,10,12-13H2,1H3. The summed E-state index contributed by atoms with van der Waals surface area (Å²) in [7, 11) is 0. The maximum Gasteiger partial charge on any atom is 0.122 e. The third kappa shape index (κ3) is 3.16. The average Bonchev–Trinajstić information content (AvgIpc) is 2.99. The Morgan fingerprint density at radius 1 is 1.25 bits per heavy atom. The van der Waals surface area contributed by atoms with Gasteiger partial charge in [0.25, 0.3) is 0 Å². The van der Waals surface area contributed by atoms with Crippen molar-refractivity contribution >= 4 is 11.4 Å². The lowest BCUT2D eigenvalue weighted by molar-refractivity contribution is 0.447. The molecule has 1 saturated heterocycles. The number of piperidine rings is 1. The molecule has 0 aliphatic carbocycles. The molecule has 3 nitrogen and oxygen atoms in total. The van der Waals surface area contributed by atoms with E-state index in [0.717, 1.165) is 23.9 Å². The van der Waals surface area contributed by atoms with Crippen LogP contribution in [0.4, 0.5) is 11.4 Å². The predicted octanol–water partition coefficient (Wildman–Crippen LogP) is 4.13. The van der Waals surface area contributed by atoms with Gasteiger partial charge in [0.1, 0.15) is 5.76 Å². The van der Waals surface area contributed by atoms with Gasteiger partial charge in [-0.3, -0.25) is 0 Å². The summed E-state index contributed by atoms with van der Waals surface area (Å²) in [4.78, 5) is 2.49. The molecule has 2 aromatic rings. The van der Waals surface area contributed by atoms with Crippen LogP contribution in [0.25, 0.3) is 0 Å². The molecule has 1 atom stereocenters. The van der Waals surface area contributed by atoms with Crippen LogP contribution in [0.2, 0.25) is 0 Å². The maximum atomic E-state index is 5.32. The second-order valence-corrected chi connectivity index (χ2v) is 5.67. The van der Waals surface area contributed by atoms with Gasteiger partial charge in [-0.25, -0.2) is 0 Å². The molecule has 1 aromatic carbocycles. The lowest BCUT2D eigenvalue weighted by Gasteiger charge is -2.32. The number of nitrogens with one attached hydrogen (secondary N) is 1. The van der Waals surface area contributed by atoms with Crippen molar-refractivity contribution in [3.63, 3.8) is 0 Å². The summed E-state index contributed by atoms with van der Waals surface area (Å²) >= 11 is 0. The summed E-state index contributed by atoms with van der Waals surface area (Å²) in [6, 6.07) is 12.6. The van der Waals surface area contributed by atoms with Crippen LogP contribution < -0.4 is 10.2 Å². The molecular weight excluding hydrogens is 248 g/mol. The summed E-state index contributed by atoms with van der Waals surface area (Å²) in [5.41, 5.74) is 2.47. The van der Waals surface area contributed by atoms with Crippen molar-refractivity contribution in [3.05, 3.63) is 48.4 Å². The Kier molecular flexibility index (Phi) is 3.95. The van der Waals surface area contributed by atoms with E-state index < -0.39 is 0 Å². The Labute approximate surface area is 120 Å². The molecule has 1 aromatic heterocycles. The third-order valence-electron chi connectivity index (χ3n) is 3.94. The first kappa shape index (κ1) is 13.1. The minimum atomic E-state index is 0.729. The zero-order valence-electron chi connectivity index (χ0n) is 12.0. The molecule has 1 N–H and O–H groups in total. The van der Waals surface area contributed by atoms with Gasteiger partial charge in [0, 0.05) is 24.5 Å². The minimum Gasteiger partial charge on any atom is -0.467 e. The smallest absolute Gasteiger partial charge is 0.122 e. The lowest BCUT2D eigenvalue weighted by atomic mass is 10.00. The van der Waals surface area contributed by atoms with Crippen molar-refractivity contribution in [1.82, 2.24) is 0 Å². The molecule has 106 valence electrons. The summed E-state index contributed by atoms with van der Waals surface area (Å²) in [5, 5.41) is 3.37. The van der Waals surface area contributed by atoms with Gasteiger partial charge in [-0.15, -0.1) is 0 Å². The number of nitrogens with zero attached hydrogens (tertiary/aromatic N) is 1. The first-order chi connectivity index (χ1) is 9.81. The summed E-state index contributed by atoms with van der Waals surface area (Å²) in [5.74, 6) is 1.76. The van der Waals surface area contributed by atoms with E-state index in [0.29, 0.717) is 0 Å². The van der Waals surface area contributed by atoms with Gasteiger partial charge < -0.3 is 14.6 Å². The van der Waals surface area contributed by atoms with E-state index in [1.165, 1.54) is 31.6 Å². The molecule has 20 heavy (non-hydrogen) atoms. The summed E-state index contributed by atoms with van der Waals surface area (Å²) in [6.07, 6.45) is 4.37. The molecule has 3 heteroatoms. The molecule has 0 radical (unpaired) electrons. The van der Waals surface area contributed by atoms with Crippen LogP contribution in [0.15, 0.2) is 47.1 Å². The Morgan fingerprint density at radius 2 is 2.10 bits per heavy atom. The average molecular weight is 270 g/mol. The van der Waals surface area contributed by atoms with Gasteiger partial charge in [-0.1, -0.05) is 6.92 Å². The quantitative estimate of drug-likeness (QED) is 0.905. The van der Waals surface area contributed by atoms with Crippen molar-refractivity contribution in [1.29, 1.82) is 0 Å². The van der Waals surface area contributed by atoms with Crippen LogP contribution in [0.1, 0.15) is 25.5 Å². The Bertz CT molecular complexity index is 518. The monoisotopic (exact) mass is 270 g/mol. The fourth-order valence-corrected chi connectivity index (χ4v) is 2.82. The van der Waals surface area contributed by atoms with E-state index in [1.54, 1.807) is 6.26 Å². The summed E-state index contributed by atoms with van der Waals surface area (Å²) in [6.45, 7) is 5.43. The van der Waals surface area contributed by atoms with Crippen LogP contribution in [-0.4, -0.2) is 13.1 Å². The largest absolute Gasteiger partial charge is 0.467 e. The highest BCUT2D eigenvalue weighted by Crippen LogP contribution is 2.24. The number of rotatable bonds is 4. The van der Waals surface area contributed by atoms with Crippen LogP contribution in [0.3, 0.4) is 0 Å². The molecular formula is C17H22N2O.